The number of ether oxygens (including phenoxy) is 1. The first kappa shape index (κ1) is 14.7. The fourth-order valence-electron chi connectivity index (χ4n) is 1.60. The predicted octanol–water partition coefficient (Wildman–Crippen LogP) is 2.73. The Morgan fingerprint density at radius 1 is 1.33 bits per heavy atom. The number of halogens is 3. The van der Waals surface area contributed by atoms with Crippen molar-refractivity contribution in [3.63, 3.8) is 0 Å². The second-order valence-corrected chi connectivity index (χ2v) is 3.87. The van der Waals surface area contributed by atoms with E-state index in [-0.39, 0.29) is 12.5 Å². The lowest BCUT2D eigenvalue weighted by Gasteiger charge is -2.35. The highest BCUT2D eigenvalue weighted by atomic mass is 19.4. The van der Waals surface area contributed by atoms with Crippen molar-refractivity contribution >= 4 is 0 Å². The first-order chi connectivity index (χ1) is 6.79. The van der Waals surface area contributed by atoms with Gasteiger partial charge >= 0.3 is 6.18 Å². The highest BCUT2D eigenvalue weighted by Crippen LogP contribution is 2.28. The molecule has 0 aliphatic carbocycles. The topological polar surface area (TPSA) is 21.3 Å². The van der Waals surface area contributed by atoms with Crippen LogP contribution in [-0.4, -0.2) is 32.0 Å². The lowest BCUT2D eigenvalue weighted by molar-refractivity contribution is -0.141. The van der Waals surface area contributed by atoms with E-state index in [1.165, 1.54) is 7.11 Å². The van der Waals surface area contributed by atoms with Gasteiger partial charge in [0.15, 0.2) is 0 Å². The summed E-state index contributed by atoms with van der Waals surface area (Å²) in [5.74, 6) is 0. The summed E-state index contributed by atoms with van der Waals surface area (Å²) >= 11 is 0. The van der Waals surface area contributed by atoms with E-state index in [9.17, 15) is 13.2 Å². The van der Waals surface area contributed by atoms with Crippen molar-refractivity contribution in [3.8, 4) is 0 Å². The summed E-state index contributed by atoms with van der Waals surface area (Å²) in [4.78, 5) is 0. The molecule has 0 radical (unpaired) electrons. The SMILES string of the molecule is CCC(C)(OC)C(CCC(F)(F)F)NC. The molecule has 92 valence electrons. The Labute approximate surface area is 89.2 Å². The van der Waals surface area contributed by atoms with Gasteiger partial charge in [-0.15, -0.1) is 0 Å². The monoisotopic (exact) mass is 227 g/mol. The highest BCUT2D eigenvalue weighted by molar-refractivity contribution is 4.87. The molecule has 0 spiro atoms. The molecule has 0 saturated heterocycles. The van der Waals surface area contributed by atoms with E-state index >= 15 is 0 Å². The highest BCUT2D eigenvalue weighted by Gasteiger charge is 2.35. The maximum atomic E-state index is 12.1. The fourth-order valence-corrected chi connectivity index (χ4v) is 1.60. The summed E-state index contributed by atoms with van der Waals surface area (Å²) < 4.78 is 41.5. The largest absolute Gasteiger partial charge is 0.389 e. The normalized spacial score (nSPS) is 18.6. The van der Waals surface area contributed by atoms with Gasteiger partial charge in [0.05, 0.1) is 5.60 Å². The van der Waals surface area contributed by atoms with Crippen LogP contribution in [0.3, 0.4) is 0 Å². The number of likely N-dealkylation sites (N-methyl/N-ethyl adjacent to an activating group) is 1. The van der Waals surface area contributed by atoms with Crippen LogP contribution in [0, 0.1) is 0 Å². The zero-order chi connectivity index (χ0) is 12.1. The van der Waals surface area contributed by atoms with Crippen molar-refractivity contribution in [1.82, 2.24) is 5.32 Å². The van der Waals surface area contributed by atoms with Crippen molar-refractivity contribution in [3.05, 3.63) is 0 Å². The maximum Gasteiger partial charge on any atom is 0.389 e. The molecule has 2 unspecified atom stereocenters. The number of hydrogen-bond donors (Lipinski definition) is 1. The standard InChI is InChI=1S/C10H20F3NO/c1-5-9(2,15-4)8(14-3)6-7-10(11,12)13/h8,14H,5-7H2,1-4H3. The second kappa shape index (κ2) is 5.70. The van der Waals surface area contributed by atoms with E-state index in [0.717, 1.165) is 0 Å². The molecule has 15 heavy (non-hydrogen) atoms. The molecule has 1 N–H and O–H groups in total. The number of nitrogens with one attached hydrogen (secondary N) is 1. The zero-order valence-electron chi connectivity index (χ0n) is 9.74. The minimum Gasteiger partial charge on any atom is -0.377 e. The Kier molecular flexibility index (Phi) is 5.59. The van der Waals surface area contributed by atoms with Gasteiger partial charge in [-0.25, -0.2) is 0 Å². The average Bonchev–Trinajstić information content (AvgIpc) is 2.16. The van der Waals surface area contributed by atoms with E-state index in [2.05, 4.69) is 5.32 Å². The van der Waals surface area contributed by atoms with Gasteiger partial charge in [0.2, 0.25) is 0 Å². The number of methoxy groups -OCH3 is 1. The van der Waals surface area contributed by atoms with Crippen LogP contribution in [-0.2, 0) is 4.74 Å². The molecule has 2 atom stereocenters. The summed E-state index contributed by atoms with van der Waals surface area (Å²) in [6.45, 7) is 3.73. The zero-order valence-corrected chi connectivity index (χ0v) is 9.74. The first-order valence-electron chi connectivity index (χ1n) is 5.08. The van der Waals surface area contributed by atoms with E-state index in [1.54, 1.807) is 7.05 Å². The number of hydrogen-bond acceptors (Lipinski definition) is 2. The Morgan fingerprint density at radius 2 is 1.87 bits per heavy atom. The van der Waals surface area contributed by atoms with E-state index in [1.807, 2.05) is 13.8 Å². The number of rotatable bonds is 6. The molecule has 0 fully saturated rings. The van der Waals surface area contributed by atoms with Crippen molar-refractivity contribution in [2.45, 2.75) is 50.9 Å². The van der Waals surface area contributed by atoms with Crippen LogP contribution in [0.4, 0.5) is 13.2 Å². The van der Waals surface area contributed by atoms with E-state index in [0.29, 0.717) is 6.42 Å². The Balaban J connectivity index is 4.35. The van der Waals surface area contributed by atoms with E-state index < -0.39 is 18.2 Å². The molecule has 0 aliphatic rings. The van der Waals surface area contributed by atoms with Crippen LogP contribution in [0.25, 0.3) is 0 Å². The smallest absolute Gasteiger partial charge is 0.377 e. The van der Waals surface area contributed by atoms with Crippen LogP contribution >= 0.6 is 0 Å². The predicted molar refractivity (Wildman–Crippen MR) is 53.8 cm³/mol. The molecular weight excluding hydrogens is 207 g/mol. The molecule has 0 aliphatic heterocycles. The third-order valence-corrected chi connectivity index (χ3v) is 2.97. The van der Waals surface area contributed by atoms with Crippen molar-refractivity contribution in [2.75, 3.05) is 14.2 Å². The average molecular weight is 227 g/mol. The Bertz CT molecular complexity index is 178. The molecule has 0 aromatic carbocycles. The summed E-state index contributed by atoms with van der Waals surface area (Å²) in [7, 11) is 3.19. The van der Waals surface area contributed by atoms with Crippen molar-refractivity contribution < 1.29 is 17.9 Å². The van der Waals surface area contributed by atoms with Crippen molar-refractivity contribution in [1.29, 1.82) is 0 Å². The fraction of sp³-hybridized carbons (Fsp3) is 1.00. The molecule has 0 amide bonds. The van der Waals surface area contributed by atoms with E-state index in [4.69, 9.17) is 4.74 Å². The molecule has 2 nitrogen and oxygen atoms in total. The molecule has 0 heterocycles. The van der Waals surface area contributed by atoms with Crippen LogP contribution < -0.4 is 5.32 Å². The summed E-state index contributed by atoms with van der Waals surface area (Å²) in [5, 5.41) is 2.89. The minimum absolute atomic E-state index is 0.0399. The molecule has 0 aromatic rings. The Morgan fingerprint density at radius 3 is 2.13 bits per heavy atom. The molecule has 0 rings (SSSR count). The minimum atomic E-state index is -4.10. The Hall–Kier alpha value is -0.290. The lowest BCUT2D eigenvalue weighted by Crippen LogP contribution is -2.48. The van der Waals surface area contributed by atoms with Crippen molar-refractivity contribution in [2.24, 2.45) is 0 Å². The molecular formula is C10H20F3NO. The van der Waals surface area contributed by atoms with Gasteiger partial charge < -0.3 is 10.1 Å². The van der Waals surface area contributed by atoms with Gasteiger partial charge in [-0.2, -0.15) is 13.2 Å². The summed E-state index contributed by atoms with van der Waals surface area (Å²) in [6, 6.07) is -0.283. The molecule has 0 bridgehead atoms. The maximum absolute atomic E-state index is 12.1. The van der Waals surface area contributed by atoms with Gasteiger partial charge in [0.25, 0.3) is 0 Å². The first-order valence-corrected chi connectivity index (χ1v) is 5.08. The van der Waals surface area contributed by atoms with Gasteiger partial charge in [0.1, 0.15) is 0 Å². The third kappa shape index (κ3) is 4.84. The second-order valence-electron chi connectivity index (χ2n) is 3.87. The van der Waals surface area contributed by atoms with Gasteiger partial charge in [-0.05, 0) is 26.8 Å². The molecule has 0 aromatic heterocycles. The molecule has 0 saturated carbocycles. The van der Waals surface area contributed by atoms with Crippen LogP contribution in [0.1, 0.15) is 33.1 Å². The van der Waals surface area contributed by atoms with Gasteiger partial charge in [0, 0.05) is 19.6 Å². The lowest BCUT2D eigenvalue weighted by atomic mass is 9.90. The quantitative estimate of drug-likeness (QED) is 0.753. The number of alkyl halides is 3. The van der Waals surface area contributed by atoms with Gasteiger partial charge in [-0.1, -0.05) is 6.92 Å². The van der Waals surface area contributed by atoms with Crippen LogP contribution in [0.5, 0.6) is 0 Å². The summed E-state index contributed by atoms with van der Waals surface area (Å²) in [5.41, 5.74) is -0.542. The molecule has 5 heteroatoms. The van der Waals surface area contributed by atoms with Gasteiger partial charge in [-0.3, -0.25) is 0 Å². The van der Waals surface area contributed by atoms with Crippen LogP contribution in [0.2, 0.25) is 0 Å². The third-order valence-electron chi connectivity index (χ3n) is 2.97. The summed E-state index contributed by atoms with van der Waals surface area (Å²) in [6.07, 6.45) is -4.17. The van der Waals surface area contributed by atoms with Crippen LogP contribution in [0.15, 0.2) is 0 Å².